The van der Waals surface area contributed by atoms with Crippen molar-refractivity contribution in [1.82, 2.24) is 0 Å². The van der Waals surface area contributed by atoms with Crippen molar-refractivity contribution in [3.05, 3.63) is 58.7 Å². The Balaban J connectivity index is 1.49. The van der Waals surface area contributed by atoms with Gasteiger partial charge in [0, 0.05) is 11.3 Å². The number of hydrogen-bond acceptors (Lipinski definition) is 2. The van der Waals surface area contributed by atoms with E-state index in [1.54, 1.807) is 12.0 Å². The molecule has 0 bridgehead atoms. The van der Waals surface area contributed by atoms with Crippen LogP contribution < -0.4 is 19.9 Å². The van der Waals surface area contributed by atoms with Crippen LogP contribution in [0.25, 0.3) is 0 Å². The van der Waals surface area contributed by atoms with Gasteiger partial charge in [-0.25, -0.2) is 0 Å². The molecular weight excluding hydrogens is 350 g/mol. The molecule has 0 saturated carbocycles. The van der Waals surface area contributed by atoms with Crippen molar-refractivity contribution in [3.8, 4) is 5.75 Å². The first-order valence-electron chi connectivity index (χ1n) is 10.1. The largest absolute Gasteiger partial charge is 0.496 e. The van der Waals surface area contributed by atoms with Crippen LogP contribution in [0.2, 0.25) is 0 Å². The molecule has 3 N–H and O–H groups in total. The number of anilines is 1. The highest BCUT2D eigenvalue weighted by Crippen LogP contribution is 2.19. The standard InChI is InChI=1S/C23H31N3O2/c1-17-8-9-22(28-4)20(14-17)15-25-10-12-26(13-11-25)16-23(27)24-21-7-5-6-18(2)19(21)3/h5-9,14H,10-13,15-16H2,1-4H3,(H,24,27)/p+2. The molecule has 1 aliphatic heterocycles. The molecule has 0 atom stereocenters. The molecule has 5 nitrogen and oxygen atoms in total. The second-order valence-electron chi connectivity index (χ2n) is 7.96. The summed E-state index contributed by atoms with van der Waals surface area (Å²) in [6.45, 7) is 11.9. The monoisotopic (exact) mass is 383 g/mol. The zero-order chi connectivity index (χ0) is 20.1. The Morgan fingerprint density at radius 2 is 1.75 bits per heavy atom. The van der Waals surface area contributed by atoms with Crippen LogP contribution in [-0.2, 0) is 11.3 Å². The molecule has 2 aromatic carbocycles. The molecule has 0 aromatic heterocycles. The van der Waals surface area contributed by atoms with Gasteiger partial charge in [-0.2, -0.15) is 0 Å². The van der Waals surface area contributed by atoms with E-state index >= 15 is 0 Å². The van der Waals surface area contributed by atoms with Crippen molar-refractivity contribution >= 4 is 11.6 Å². The lowest BCUT2D eigenvalue weighted by molar-refractivity contribution is -1.02. The fourth-order valence-corrected chi connectivity index (χ4v) is 3.93. The number of amides is 1. The topological polar surface area (TPSA) is 47.2 Å². The van der Waals surface area contributed by atoms with E-state index in [2.05, 4.69) is 50.4 Å². The Labute approximate surface area is 168 Å². The Hall–Kier alpha value is -2.37. The summed E-state index contributed by atoms with van der Waals surface area (Å²) in [6, 6.07) is 12.4. The summed E-state index contributed by atoms with van der Waals surface area (Å²) in [5, 5.41) is 3.09. The van der Waals surface area contributed by atoms with Crippen LogP contribution in [0, 0.1) is 20.8 Å². The maximum absolute atomic E-state index is 12.5. The van der Waals surface area contributed by atoms with E-state index < -0.39 is 0 Å². The molecule has 1 fully saturated rings. The average Bonchev–Trinajstić information content (AvgIpc) is 2.67. The van der Waals surface area contributed by atoms with Gasteiger partial charge in [-0.05, 0) is 50.1 Å². The Morgan fingerprint density at radius 3 is 2.46 bits per heavy atom. The molecule has 5 heteroatoms. The van der Waals surface area contributed by atoms with Crippen LogP contribution in [0.15, 0.2) is 36.4 Å². The molecule has 0 radical (unpaired) electrons. The minimum Gasteiger partial charge on any atom is -0.496 e. The van der Waals surface area contributed by atoms with Gasteiger partial charge >= 0.3 is 0 Å². The molecule has 0 unspecified atom stereocenters. The number of aryl methyl sites for hydroxylation is 2. The first kappa shape index (κ1) is 20.4. The van der Waals surface area contributed by atoms with Gasteiger partial charge in [-0.1, -0.05) is 23.8 Å². The van der Waals surface area contributed by atoms with Crippen LogP contribution in [-0.4, -0.2) is 45.7 Å². The van der Waals surface area contributed by atoms with Crippen LogP contribution in [0.3, 0.4) is 0 Å². The van der Waals surface area contributed by atoms with Crippen molar-refractivity contribution in [2.24, 2.45) is 0 Å². The van der Waals surface area contributed by atoms with Gasteiger partial charge in [0.15, 0.2) is 6.54 Å². The summed E-state index contributed by atoms with van der Waals surface area (Å²) in [5.41, 5.74) is 5.82. The SMILES string of the molecule is COc1ccc(C)cc1C[NH+]1CC[NH+](CC(=O)Nc2cccc(C)c2C)CC1. The first-order chi connectivity index (χ1) is 13.5. The molecular formula is C23H33N3O2+2. The third-order valence-corrected chi connectivity index (χ3v) is 5.83. The summed E-state index contributed by atoms with van der Waals surface area (Å²) in [6.07, 6.45) is 0. The molecule has 0 spiro atoms. The zero-order valence-corrected chi connectivity index (χ0v) is 17.5. The number of quaternary nitrogens is 2. The van der Waals surface area contributed by atoms with Crippen LogP contribution in [0.4, 0.5) is 5.69 Å². The molecule has 2 aromatic rings. The molecule has 3 rings (SSSR count). The highest BCUT2D eigenvalue weighted by molar-refractivity contribution is 5.92. The minimum absolute atomic E-state index is 0.104. The van der Waals surface area contributed by atoms with E-state index in [1.165, 1.54) is 21.6 Å². The van der Waals surface area contributed by atoms with Gasteiger partial charge in [0.25, 0.3) is 5.91 Å². The number of piperazine rings is 1. The summed E-state index contributed by atoms with van der Waals surface area (Å²) in [5.74, 6) is 1.08. The number of carbonyl (C=O) groups excluding carboxylic acids is 1. The molecule has 28 heavy (non-hydrogen) atoms. The lowest BCUT2D eigenvalue weighted by Crippen LogP contribution is -3.28. The lowest BCUT2D eigenvalue weighted by Gasteiger charge is -2.29. The van der Waals surface area contributed by atoms with Crippen molar-refractivity contribution in [2.75, 3.05) is 45.2 Å². The summed E-state index contributed by atoms with van der Waals surface area (Å²) >= 11 is 0. The maximum Gasteiger partial charge on any atom is 0.279 e. The van der Waals surface area contributed by atoms with Gasteiger partial charge in [-0.3, -0.25) is 4.79 Å². The average molecular weight is 384 g/mol. The van der Waals surface area contributed by atoms with E-state index in [-0.39, 0.29) is 5.91 Å². The number of hydrogen-bond donors (Lipinski definition) is 3. The number of methoxy groups -OCH3 is 1. The van der Waals surface area contributed by atoms with E-state index in [0.29, 0.717) is 6.54 Å². The van der Waals surface area contributed by atoms with Gasteiger partial charge in [0.1, 0.15) is 38.5 Å². The summed E-state index contributed by atoms with van der Waals surface area (Å²) in [4.78, 5) is 15.4. The molecule has 1 heterocycles. The van der Waals surface area contributed by atoms with E-state index in [4.69, 9.17) is 4.74 Å². The third kappa shape index (κ3) is 5.12. The van der Waals surface area contributed by atoms with Crippen molar-refractivity contribution in [3.63, 3.8) is 0 Å². The predicted molar refractivity (Wildman–Crippen MR) is 112 cm³/mol. The number of benzene rings is 2. The maximum atomic E-state index is 12.5. The van der Waals surface area contributed by atoms with Crippen LogP contribution >= 0.6 is 0 Å². The van der Waals surface area contributed by atoms with Crippen LogP contribution in [0.1, 0.15) is 22.3 Å². The Kier molecular flexibility index (Phi) is 6.70. The molecule has 1 aliphatic rings. The number of nitrogens with one attached hydrogen (secondary N) is 3. The van der Waals surface area contributed by atoms with Crippen molar-refractivity contribution in [1.29, 1.82) is 0 Å². The smallest absolute Gasteiger partial charge is 0.279 e. The van der Waals surface area contributed by atoms with Gasteiger partial charge in [0.2, 0.25) is 0 Å². The van der Waals surface area contributed by atoms with Gasteiger partial charge in [-0.15, -0.1) is 0 Å². The molecule has 1 amide bonds. The fraction of sp³-hybridized carbons (Fsp3) is 0.435. The van der Waals surface area contributed by atoms with E-state index in [1.807, 2.05) is 12.1 Å². The quantitative estimate of drug-likeness (QED) is 0.682. The summed E-state index contributed by atoms with van der Waals surface area (Å²) < 4.78 is 5.52. The van der Waals surface area contributed by atoms with E-state index in [0.717, 1.165) is 49.7 Å². The highest BCUT2D eigenvalue weighted by atomic mass is 16.5. The highest BCUT2D eigenvalue weighted by Gasteiger charge is 2.25. The second kappa shape index (κ2) is 9.22. The molecule has 150 valence electrons. The number of rotatable bonds is 6. The second-order valence-corrected chi connectivity index (χ2v) is 7.96. The minimum atomic E-state index is 0.104. The first-order valence-corrected chi connectivity index (χ1v) is 10.1. The van der Waals surface area contributed by atoms with Crippen LogP contribution in [0.5, 0.6) is 5.75 Å². The summed E-state index contributed by atoms with van der Waals surface area (Å²) in [7, 11) is 1.74. The zero-order valence-electron chi connectivity index (χ0n) is 17.5. The number of carbonyl (C=O) groups is 1. The van der Waals surface area contributed by atoms with Gasteiger partial charge in [0.05, 0.1) is 7.11 Å². The van der Waals surface area contributed by atoms with Gasteiger partial charge < -0.3 is 19.9 Å². The Bertz CT molecular complexity index is 827. The predicted octanol–water partition coefficient (Wildman–Crippen LogP) is 0.543. The van der Waals surface area contributed by atoms with Crippen molar-refractivity contribution in [2.45, 2.75) is 27.3 Å². The normalized spacial score (nSPS) is 19.3. The lowest BCUT2D eigenvalue weighted by atomic mass is 10.1. The molecule has 1 saturated heterocycles. The fourth-order valence-electron chi connectivity index (χ4n) is 3.93. The number of ether oxygens (including phenoxy) is 1. The van der Waals surface area contributed by atoms with E-state index in [9.17, 15) is 4.79 Å². The third-order valence-electron chi connectivity index (χ3n) is 5.83. The Morgan fingerprint density at radius 1 is 1.04 bits per heavy atom. The molecule has 0 aliphatic carbocycles. The van der Waals surface area contributed by atoms with Crippen molar-refractivity contribution < 1.29 is 19.3 Å².